The van der Waals surface area contributed by atoms with E-state index in [-0.39, 0.29) is 11.7 Å². The Kier molecular flexibility index (Phi) is 7.14. The lowest BCUT2D eigenvalue weighted by atomic mass is 9.92. The minimum Gasteiger partial charge on any atom is -0.496 e. The molecule has 1 amide bonds. The number of halogens is 1. The number of aryl methyl sites for hydroxylation is 2. The highest BCUT2D eigenvalue weighted by molar-refractivity contribution is 5.76. The van der Waals surface area contributed by atoms with Crippen LogP contribution < -0.4 is 4.74 Å². The average molecular weight is 438 g/mol. The standard InChI is InChI=1S/C25H28FN3O3/c1-31-22-5-3-2-4-19(22)9-13-24(30)29-16-14-18(15-17-29)6-12-23-27-25(32-28-23)20-7-10-21(26)11-8-20/h2-5,7-8,10-11,18H,6,9,12-17H2,1H3. The molecule has 0 spiro atoms. The number of piperidine rings is 1. The lowest BCUT2D eigenvalue weighted by Gasteiger charge is -2.32. The maximum Gasteiger partial charge on any atom is 0.257 e. The van der Waals surface area contributed by atoms with Crippen molar-refractivity contribution in [2.45, 2.75) is 38.5 Å². The Hall–Kier alpha value is -3.22. The second kappa shape index (κ2) is 10.4. The smallest absolute Gasteiger partial charge is 0.257 e. The first kappa shape index (κ1) is 22.0. The van der Waals surface area contributed by atoms with Gasteiger partial charge in [0.05, 0.1) is 7.11 Å². The molecule has 1 aliphatic rings. The van der Waals surface area contributed by atoms with Gasteiger partial charge in [0, 0.05) is 31.5 Å². The summed E-state index contributed by atoms with van der Waals surface area (Å²) in [5, 5.41) is 4.06. The number of likely N-dealkylation sites (tertiary alicyclic amines) is 1. The largest absolute Gasteiger partial charge is 0.496 e. The van der Waals surface area contributed by atoms with E-state index >= 15 is 0 Å². The van der Waals surface area contributed by atoms with E-state index in [2.05, 4.69) is 10.1 Å². The van der Waals surface area contributed by atoms with Crippen LogP contribution in [0.4, 0.5) is 4.39 Å². The quantitative estimate of drug-likeness (QED) is 0.511. The molecule has 2 aromatic carbocycles. The molecule has 1 saturated heterocycles. The fraction of sp³-hybridized carbons (Fsp3) is 0.400. The Balaban J connectivity index is 1.20. The molecule has 32 heavy (non-hydrogen) atoms. The van der Waals surface area contributed by atoms with Gasteiger partial charge in [0.15, 0.2) is 5.82 Å². The number of carbonyl (C=O) groups excluding carboxylic acids is 1. The van der Waals surface area contributed by atoms with Gasteiger partial charge in [-0.15, -0.1) is 0 Å². The van der Waals surface area contributed by atoms with Crippen molar-refractivity contribution in [2.75, 3.05) is 20.2 Å². The zero-order chi connectivity index (χ0) is 22.3. The summed E-state index contributed by atoms with van der Waals surface area (Å²) in [5.41, 5.74) is 1.78. The van der Waals surface area contributed by atoms with Crippen LogP contribution in [0.15, 0.2) is 53.1 Å². The third-order valence-electron chi connectivity index (χ3n) is 6.10. The maximum atomic E-state index is 13.1. The first-order chi connectivity index (χ1) is 15.6. The van der Waals surface area contributed by atoms with Crippen molar-refractivity contribution in [3.8, 4) is 17.2 Å². The van der Waals surface area contributed by atoms with E-state index in [1.165, 1.54) is 12.1 Å². The molecule has 3 aromatic rings. The molecule has 4 rings (SSSR count). The molecule has 1 fully saturated rings. The van der Waals surface area contributed by atoms with E-state index in [0.717, 1.165) is 50.1 Å². The van der Waals surface area contributed by atoms with Gasteiger partial charge in [-0.05, 0) is 67.5 Å². The SMILES string of the molecule is COc1ccccc1CCC(=O)N1CCC(CCc2noc(-c3ccc(F)cc3)n2)CC1. The van der Waals surface area contributed by atoms with Gasteiger partial charge in [-0.3, -0.25) is 4.79 Å². The highest BCUT2D eigenvalue weighted by atomic mass is 19.1. The molecule has 7 heteroatoms. The van der Waals surface area contributed by atoms with E-state index in [4.69, 9.17) is 9.26 Å². The number of rotatable bonds is 8. The number of methoxy groups -OCH3 is 1. The summed E-state index contributed by atoms with van der Waals surface area (Å²) in [6.45, 7) is 1.59. The van der Waals surface area contributed by atoms with Gasteiger partial charge in [0.25, 0.3) is 5.89 Å². The fourth-order valence-corrected chi connectivity index (χ4v) is 4.18. The van der Waals surface area contributed by atoms with Gasteiger partial charge in [0.2, 0.25) is 5.91 Å². The van der Waals surface area contributed by atoms with Crippen LogP contribution in [-0.2, 0) is 17.6 Å². The number of hydrogen-bond donors (Lipinski definition) is 0. The Bertz CT molecular complexity index is 1030. The summed E-state index contributed by atoms with van der Waals surface area (Å²) < 4.78 is 23.8. The minimum absolute atomic E-state index is 0.205. The van der Waals surface area contributed by atoms with Crippen molar-refractivity contribution in [3.63, 3.8) is 0 Å². The van der Waals surface area contributed by atoms with E-state index in [1.54, 1.807) is 19.2 Å². The Morgan fingerprint density at radius 3 is 2.62 bits per heavy atom. The van der Waals surface area contributed by atoms with Crippen molar-refractivity contribution in [3.05, 3.63) is 65.7 Å². The number of hydrogen-bond acceptors (Lipinski definition) is 5. The third-order valence-corrected chi connectivity index (χ3v) is 6.10. The molecule has 0 N–H and O–H groups in total. The molecule has 0 aliphatic carbocycles. The lowest BCUT2D eigenvalue weighted by Crippen LogP contribution is -2.38. The predicted molar refractivity (Wildman–Crippen MR) is 119 cm³/mol. The van der Waals surface area contributed by atoms with Crippen LogP contribution in [0.5, 0.6) is 5.75 Å². The zero-order valence-corrected chi connectivity index (χ0v) is 18.3. The summed E-state index contributed by atoms with van der Waals surface area (Å²) in [6.07, 6.45) is 4.87. The van der Waals surface area contributed by atoms with Crippen molar-refractivity contribution in [1.29, 1.82) is 0 Å². The molecule has 0 unspecified atom stereocenters. The van der Waals surface area contributed by atoms with Gasteiger partial charge in [0.1, 0.15) is 11.6 Å². The highest BCUT2D eigenvalue weighted by Gasteiger charge is 2.23. The lowest BCUT2D eigenvalue weighted by molar-refractivity contribution is -0.132. The molecular formula is C25H28FN3O3. The second-order valence-electron chi connectivity index (χ2n) is 8.20. The van der Waals surface area contributed by atoms with E-state index < -0.39 is 0 Å². The van der Waals surface area contributed by atoms with Crippen molar-refractivity contribution >= 4 is 5.91 Å². The number of benzene rings is 2. The average Bonchev–Trinajstić information content (AvgIpc) is 3.31. The van der Waals surface area contributed by atoms with E-state index in [9.17, 15) is 9.18 Å². The van der Waals surface area contributed by atoms with Crippen LogP contribution in [0, 0.1) is 11.7 Å². The fourth-order valence-electron chi connectivity index (χ4n) is 4.18. The summed E-state index contributed by atoms with van der Waals surface area (Å²) in [4.78, 5) is 19.1. The normalized spacial score (nSPS) is 14.5. The molecule has 1 aromatic heterocycles. The van der Waals surface area contributed by atoms with Crippen LogP contribution in [0.2, 0.25) is 0 Å². The number of nitrogens with zero attached hydrogens (tertiary/aromatic N) is 3. The number of carbonyl (C=O) groups is 1. The predicted octanol–water partition coefficient (Wildman–Crippen LogP) is 4.69. The Labute approximate surface area is 187 Å². The summed E-state index contributed by atoms with van der Waals surface area (Å²) in [6, 6.07) is 13.9. The van der Waals surface area contributed by atoms with Crippen molar-refractivity contribution in [1.82, 2.24) is 15.0 Å². The van der Waals surface area contributed by atoms with Gasteiger partial charge >= 0.3 is 0 Å². The van der Waals surface area contributed by atoms with Crippen LogP contribution in [0.25, 0.3) is 11.5 Å². The Morgan fingerprint density at radius 1 is 1.12 bits per heavy atom. The van der Waals surface area contributed by atoms with Crippen molar-refractivity contribution < 1.29 is 18.4 Å². The molecule has 1 aliphatic heterocycles. The molecule has 168 valence electrons. The molecular weight excluding hydrogens is 409 g/mol. The van der Waals surface area contributed by atoms with Gasteiger partial charge in [-0.1, -0.05) is 23.4 Å². The molecule has 2 heterocycles. The van der Waals surface area contributed by atoms with Crippen LogP contribution >= 0.6 is 0 Å². The van der Waals surface area contributed by atoms with Gasteiger partial charge in [-0.25, -0.2) is 4.39 Å². The molecule has 6 nitrogen and oxygen atoms in total. The van der Waals surface area contributed by atoms with Crippen LogP contribution in [-0.4, -0.2) is 41.1 Å². The highest BCUT2D eigenvalue weighted by Crippen LogP contribution is 2.25. The molecule has 0 bridgehead atoms. The third kappa shape index (κ3) is 5.52. The first-order valence-electron chi connectivity index (χ1n) is 11.1. The number of aromatic nitrogens is 2. The van der Waals surface area contributed by atoms with Crippen LogP contribution in [0.1, 0.15) is 37.1 Å². The molecule has 0 atom stereocenters. The number of amides is 1. The topological polar surface area (TPSA) is 68.5 Å². The second-order valence-corrected chi connectivity index (χ2v) is 8.20. The van der Waals surface area contributed by atoms with Crippen molar-refractivity contribution in [2.24, 2.45) is 5.92 Å². The zero-order valence-electron chi connectivity index (χ0n) is 18.3. The minimum atomic E-state index is -0.293. The molecule has 0 radical (unpaired) electrons. The Morgan fingerprint density at radius 2 is 1.88 bits per heavy atom. The number of ether oxygens (including phenoxy) is 1. The maximum absolute atomic E-state index is 13.1. The molecule has 0 saturated carbocycles. The summed E-state index contributed by atoms with van der Waals surface area (Å²) in [7, 11) is 1.66. The van der Waals surface area contributed by atoms with Gasteiger partial charge in [-0.2, -0.15) is 4.98 Å². The monoisotopic (exact) mass is 437 g/mol. The van der Waals surface area contributed by atoms with Crippen LogP contribution in [0.3, 0.4) is 0 Å². The van der Waals surface area contributed by atoms with Gasteiger partial charge < -0.3 is 14.2 Å². The van der Waals surface area contributed by atoms with E-state index in [0.29, 0.717) is 36.0 Å². The first-order valence-corrected chi connectivity index (χ1v) is 11.1. The number of para-hydroxylation sites is 1. The summed E-state index contributed by atoms with van der Waals surface area (Å²) >= 11 is 0. The van der Waals surface area contributed by atoms with E-state index in [1.807, 2.05) is 29.2 Å². The summed E-state index contributed by atoms with van der Waals surface area (Å²) in [5.74, 6) is 2.37.